The number of fused-ring (bicyclic) bond motifs is 1. The number of allylic oxidation sites excluding steroid dienone is 1. The maximum absolute atomic E-state index is 13.6. The quantitative estimate of drug-likeness (QED) is 0.217. The zero-order valence-corrected chi connectivity index (χ0v) is 20.4. The van der Waals surface area contributed by atoms with Crippen molar-refractivity contribution in [1.82, 2.24) is 4.57 Å². The van der Waals surface area contributed by atoms with E-state index in [2.05, 4.69) is 4.99 Å². The molecule has 0 aliphatic carbocycles. The molecule has 1 aliphatic heterocycles. The second-order valence-corrected chi connectivity index (χ2v) is 8.83. The van der Waals surface area contributed by atoms with Crippen LogP contribution in [0.15, 0.2) is 69.6 Å². The van der Waals surface area contributed by atoms with Gasteiger partial charge in [0, 0.05) is 19.1 Å². The second-order valence-electron chi connectivity index (χ2n) is 7.82. The minimum Gasteiger partial charge on any atom is -0.463 e. The molecule has 1 unspecified atom stereocenters. The molecule has 1 aliphatic rings. The Labute approximate surface area is 208 Å². The predicted molar refractivity (Wildman–Crippen MR) is 131 cm³/mol. The van der Waals surface area contributed by atoms with Crippen molar-refractivity contribution < 1.29 is 24.0 Å². The van der Waals surface area contributed by atoms with Crippen LogP contribution in [0.2, 0.25) is 0 Å². The molecule has 10 nitrogen and oxygen atoms in total. The summed E-state index contributed by atoms with van der Waals surface area (Å²) >= 11 is 1.11. The highest BCUT2D eigenvalue weighted by Gasteiger charge is 2.33. The van der Waals surface area contributed by atoms with E-state index in [9.17, 15) is 24.5 Å². The number of carbonyl (C=O) groups is 2. The lowest BCUT2D eigenvalue weighted by molar-refractivity contribution is -0.384. The number of carbonyl (C=O) groups excluding carboxylic acids is 2. The van der Waals surface area contributed by atoms with E-state index in [-0.39, 0.29) is 17.9 Å². The fraction of sp³-hybridized carbons (Fsp3) is 0.200. The zero-order chi connectivity index (χ0) is 26.0. The highest BCUT2D eigenvalue weighted by atomic mass is 32.1. The van der Waals surface area contributed by atoms with E-state index in [0.29, 0.717) is 31.9 Å². The minimum atomic E-state index is -0.834. The van der Waals surface area contributed by atoms with Crippen molar-refractivity contribution in [1.29, 1.82) is 0 Å². The van der Waals surface area contributed by atoms with Crippen molar-refractivity contribution in [2.45, 2.75) is 26.8 Å². The van der Waals surface area contributed by atoms with Crippen molar-refractivity contribution in [2.24, 2.45) is 4.99 Å². The SMILES string of the molecule is CCOC(=O)C1=C(C)N=c2sc(=Cc3cccc([N+](=O)[O-])c3)c(=O)n2C1c1ccc(OC(C)=O)cc1. The van der Waals surface area contributed by atoms with Crippen LogP contribution in [0.1, 0.15) is 37.9 Å². The third-order valence-corrected chi connectivity index (χ3v) is 6.34. The Balaban J connectivity index is 1.90. The van der Waals surface area contributed by atoms with Gasteiger partial charge in [0.25, 0.3) is 11.2 Å². The van der Waals surface area contributed by atoms with Gasteiger partial charge in [0.05, 0.1) is 33.4 Å². The van der Waals surface area contributed by atoms with Crippen molar-refractivity contribution in [3.05, 3.63) is 101 Å². The molecule has 3 aromatic rings. The molecule has 0 spiro atoms. The summed E-state index contributed by atoms with van der Waals surface area (Å²) in [6, 6.07) is 11.6. The zero-order valence-electron chi connectivity index (χ0n) is 19.6. The van der Waals surface area contributed by atoms with Crippen LogP contribution in [0, 0.1) is 10.1 Å². The summed E-state index contributed by atoms with van der Waals surface area (Å²) in [5.41, 5.74) is 1.19. The van der Waals surface area contributed by atoms with Gasteiger partial charge in [-0.15, -0.1) is 0 Å². The molecule has 0 saturated heterocycles. The number of rotatable bonds is 6. The highest BCUT2D eigenvalue weighted by Crippen LogP contribution is 2.31. The van der Waals surface area contributed by atoms with E-state index in [1.54, 1.807) is 50.3 Å². The van der Waals surface area contributed by atoms with E-state index in [0.717, 1.165) is 11.3 Å². The van der Waals surface area contributed by atoms with E-state index in [1.807, 2.05) is 0 Å². The summed E-state index contributed by atoms with van der Waals surface area (Å²) < 4.78 is 12.1. The average molecular weight is 508 g/mol. The highest BCUT2D eigenvalue weighted by molar-refractivity contribution is 7.07. The van der Waals surface area contributed by atoms with E-state index >= 15 is 0 Å². The van der Waals surface area contributed by atoms with Crippen molar-refractivity contribution in [3.8, 4) is 5.75 Å². The molecule has 11 heteroatoms. The van der Waals surface area contributed by atoms with Gasteiger partial charge < -0.3 is 9.47 Å². The number of thiazole rings is 1. The largest absolute Gasteiger partial charge is 0.463 e. The normalized spacial score (nSPS) is 15.2. The number of benzene rings is 2. The Kier molecular flexibility index (Phi) is 6.93. The van der Waals surface area contributed by atoms with Gasteiger partial charge in [-0.3, -0.25) is 24.3 Å². The van der Waals surface area contributed by atoms with Crippen LogP contribution in [0.5, 0.6) is 5.75 Å². The van der Waals surface area contributed by atoms with Gasteiger partial charge in [0.15, 0.2) is 4.80 Å². The molecule has 0 N–H and O–H groups in total. The molecule has 4 rings (SSSR count). The summed E-state index contributed by atoms with van der Waals surface area (Å²) in [6.45, 7) is 4.79. The van der Waals surface area contributed by atoms with Gasteiger partial charge in [-0.05, 0) is 43.2 Å². The van der Waals surface area contributed by atoms with Gasteiger partial charge >= 0.3 is 11.9 Å². The maximum atomic E-state index is 13.6. The molecule has 184 valence electrons. The lowest BCUT2D eigenvalue weighted by Gasteiger charge is -2.24. The summed E-state index contributed by atoms with van der Waals surface area (Å²) in [4.78, 5) is 53.3. The number of nitrogens with zero attached hydrogens (tertiary/aromatic N) is 3. The first-order valence-corrected chi connectivity index (χ1v) is 11.7. The fourth-order valence-corrected chi connectivity index (χ4v) is 4.92. The summed E-state index contributed by atoms with van der Waals surface area (Å²) in [7, 11) is 0. The number of nitro groups is 1. The molecule has 0 amide bonds. The average Bonchev–Trinajstić information content (AvgIpc) is 3.13. The van der Waals surface area contributed by atoms with E-state index < -0.39 is 28.5 Å². The molecule has 36 heavy (non-hydrogen) atoms. The van der Waals surface area contributed by atoms with Crippen molar-refractivity contribution >= 4 is 35.0 Å². The van der Waals surface area contributed by atoms with Gasteiger partial charge in [-0.1, -0.05) is 35.6 Å². The number of hydrogen-bond acceptors (Lipinski definition) is 9. The lowest BCUT2D eigenvalue weighted by atomic mass is 9.96. The van der Waals surface area contributed by atoms with Crippen LogP contribution in [0.25, 0.3) is 6.08 Å². The monoisotopic (exact) mass is 507 g/mol. The first-order chi connectivity index (χ1) is 17.2. The van der Waals surface area contributed by atoms with E-state index in [4.69, 9.17) is 9.47 Å². The molecule has 0 saturated carbocycles. The molecule has 0 fully saturated rings. The standard InChI is InChI=1S/C25H21N3O7S/c1-4-34-24(31)21-14(2)26-25-27(22(21)17-8-10-19(11-9-17)35-15(3)29)23(30)20(36-25)13-16-6-5-7-18(12-16)28(32)33/h5-13,22H,4H2,1-3H3. The minimum absolute atomic E-state index is 0.0947. The van der Waals surface area contributed by atoms with Crippen LogP contribution in [-0.2, 0) is 14.3 Å². The summed E-state index contributed by atoms with van der Waals surface area (Å²) in [5, 5.41) is 11.1. The number of aromatic nitrogens is 1. The van der Waals surface area contributed by atoms with Gasteiger partial charge in [-0.2, -0.15) is 0 Å². The van der Waals surface area contributed by atoms with Gasteiger partial charge in [0.2, 0.25) is 0 Å². The fourth-order valence-electron chi connectivity index (χ4n) is 3.87. The Bertz CT molecular complexity index is 1580. The second kappa shape index (κ2) is 10.1. The molecule has 1 aromatic heterocycles. The smallest absolute Gasteiger partial charge is 0.338 e. The molecule has 0 radical (unpaired) electrons. The topological polar surface area (TPSA) is 130 Å². The number of esters is 2. The molecule has 2 heterocycles. The Morgan fingerprint density at radius 3 is 2.58 bits per heavy atom. The lowest BCUT2D eigenvalue weighted by Crippen LogP contribution is -2.39. The van der Waals surface area contributed by atoms with Crippen LogP contribution >= 0.6 is 11.3 Å². The van der Waals surface area contributed by atoms with Gasteiger partial charge in [-0.25, -0.2) is 9.79 Å². The Morgan fingerprint density at radius 1 is 1.22 bits per heavy atom. The van der Waals surface area contributed by atoms with Crippen molar-refractivity contribution in [2.75, 3.05) is 6.61 Å². The molecular formula is C25H21N3O7S. The van der Waals surface area contributed by atoms with Crippen molar-refractivity contribution in [3.63, 3.8) is 0 Å². The number of hydrogen-bond donors (Lipinski definition) is 0. The van der Waals surface area contributed by atoms with Gasteiger partial charge in [0.1, 0.15) is 5.75 Å². The van der Waals surface area contributed by atoms with Crippen LogP contribution in [0.3, 0.4) is 0 Å². The van der Waals surface area contributed by atoms with Crippen LogP contribution < -0.4 is 19.6 Å². The van der Waals surface area contributed by atoms with E-state index in [1.165, 1.54) is 29.7 Å². The third kappa shape index (κ3) is 4.86. The summed E-state index contributed by atoms with van der Waals surface area (Å²) in [6.07, 6.45) is 1.56. The Morgan fingerprint density at radius 2 is 1.94 bits per heavy atom. The molecule has 2 aromatic carbocycles. The third-order valence-electron chi connectivity index (χ3n) is 5.35. The predicted octanol–water partition coefficient (Wildman–Crippen LogP) is 2.63. The number of non-ortho nitro benzene ring substituents is 1. The van der Waals surface area contributed by atoms with Crippen LogP contribution in [-0.4, -0.2) is 28.0 Å². The molecule has 1 atom stereocenters. The molecule has 0 bridgehead atoms. The maximum Gasteiger partial charge on any atom is 0.338 e. The summed E-state index contributed by atoms with van der Waals surface area (Å²) in [5.74, 6) is -0.747. The first-order valence-electron chi connectivity index (χ1n) is 10.9. The Hall–Kier alpha value is -4.38. The molecular weight excluding hydrogens is 486 g/mol. The van der Waals surface area contributed by atoms with Crippen LogP contribution in [0.4, 0.5) is 5.69 Å². The number of nitro benzene ring substituents is 1. The first kappa shape index (κ1) is 24.7. The number of ether oxygens (including phenoxy) is 2.